The van der Waals surface area contributed by atoms with E-state index in [0.29, 0.717) is 6.04 Å². The van der Waals surface area contributed by atoms with Gasteiger partial charge in [-0.3, -0.25) is 4.79 Å². The van der Waals surface area contributed by atoms with E-state index in [-0.39, 0.29) is 5.91 Å². The first-order valence-corrected chi connectivity index (χ1v) is 6.96. The Labute approximate surface area is 101 Å². The number of hydrogen-bond acceptors (Lipinski definition) is 2. The van der Waals surface area contributed by atoms with Crippen molar-refractivity contribution in [1.82, 2.24) is 4.90 Å². The highest BCUT2D eigenvalue weighted by atomic mass is 79.9. The van der Waals surface area contributed by atoms with Gasteiger partial charge in [0.05, 0.1) is 9.35 Å². The zero-order valence-corrected chi connectivity index (χ0v) is 10.7. The quantitative estimate of drug-likeness (QED) is 0.776. The molecular formula is C11H12BrNOS. The van der Waals surface area contributed by atoms with Gasteiger partial charge in [0.1, 0.15) is 0 Å². The van der Waals surface area contributed by atoms with Gasteiger partial charge in [-0.1, -0.05) is 0 Å². The van der Waals surface area contributed by atoms with Crippen molar-refractivity contribution in [3.63, 3.8) is 0 Å². The molecule has 0 N–H and O–H groups in total. The first kappa shape index (κ1) is 9.85. The molecule has 0 radical (unpaired) electrons. The normalized spacial score (nSPS) is 28.7. The second kappa shape index (κ2) is 3.59. The summed E-state index contributed by atoms with van der Waals surface area (Å²) in [5, 5.41) is 1.94. The number of nitrogens with zero attached hydrogens (tertiary/aromatic N) is 1. The van der Waals surface area contributed by atoms with Crippen molar-refractivity contribution in [2.24, 2.45) is 5.92 Å². The maximum Gasteiger partial charge on any atom is 0.254 e. The number of rotatable bonds is 1. The van der Waals surface area contributed by atoms with Crippen molar-refractivity contribution in [3.05, 3.63) is 20.8 Å². The molecule has 1 aliphatic carbocycles. The van der Waals surface area contributed by atoms with Gasteiger partial charge >= 0.3 is 0 Å². The van der Waals surface area contributed by atoms with E-state index in [1.807, 2.05) is 11.4 Å². The molecule has 1 saturated heterocycles. The Morgan fingerprint density at radius 1 is 1.53 bits per heavy atom. The van der Waals surface area contributed by atoms with Crippen LogP contribution in [0.1, 0.15) is 29.6 Å². The van der Waals surface area contributed by atoms with Crippen LogP contribution in [0.15, 0.2) is 15.2 Å². The highest BCUT2D eigenvalue weighted by Crippen LogP contribution is 2.38. The number of carbonyl (C=O) groups excluding carboxylic acids is 1. The van der Waals surface area contributed by atoms with Crippen molar-refractivity contribution in [1.29, 1.82) is 0 Å². The van der Waals surface area contributed by atoms with Gasteiger partial charge in [-0.25, -0.2) is 0 Å². The van der Waals surface area contributed by atoms with Crippen LogP contribution in [-0.4, -0.2) is 23.4 Å². The lowest BCUT2D eigenvalue weighted by atomic mass is 10.1. The lowest BCUT2D eigenvalue weighted by molar-refractivity contribution is 0.0704. The molecule has 2 fully saturated rings. The van der Waals surface area contributed by atoms with E-state index in [4.69, 9.17) is 0 Å². The van der Waals surface area contributed by atoms with Crippen LogP contribution >= 0.6 is 27.3 Å². The second-order valence-electron chi connectivity index (χ2n) is 4.43. The fraction of sp³-hybridized carbons (Fsp3) is 0.545. The second-order valence-corrected chi connectivity index (χ2v) is 6.72. The summed E-state index contributed by atoms with van der Waals surface area (Å²) in [6.07, 6.45) is 3.76. The zero-order valence-electron chi connectivity index (χ0n) is 8.28. The Balaban J connectivity index is 1.81. The molecule has 2 heterocycles. The molecule has 80 valence electrons. The minimum atomic E-state index is 0.226. The van der Waals surface area contributed by atoms with Gasteiger partial charge in [0.15, 0.2) is 0 Å². The number of halogens is 1. The Bertz CT molecular complexity index is 403. The fourth-order valence-electron chi connectivity index (χ4n) is 2.76. The third-order valence-corrected chi connectivity index (χ3v) is 4.99. The summed E-state index contributed by atoms with van der Waals surface area (Å²) < 4.78 is 1.04. The Morgan fingerprint density at radius 3 is 2.93 bits per heavy atom. The highest BCUT2D eigenvalue weighted by molar-refractivity contribution is 9.11. The molecule has 2 nitrogen and oxygen atoms in total. The molecule has 0 spiro atoms. The summed E-state index contributed by atoms with van der Waals surface area (Å²) >= 11 is 4.98. The number of carbonyl (C=O) groups is 1. The van der Waals surface area contributed by atoms with Gasteiger partial charge in [0.2, 0.25) is 0 Å². The predicted molar refractivity (Wildman–Crippen MR) is 64.2 cm³/mol. The SMILES string of the molecule is O=C(c1csc(Br)c1)N1CC2CCC1C2. The highest BCUT2D eigenvalue weighted by Gasteiger charge is 2.40. The van der Waals surface area contributed by atoms with Crippen LogP contribution in [0.25, 0.3) is 0 Å². The molecule has 15 heavy (non-hydrogen) atoms. The number of likely N-dealkylation sites (tertiary alicyclic amines) is 1. The van der Waals surface area contributed by atoms with Crippen molar-refractivity contribution < 1.29 is 4.79 Å². The van der Waals surface area contributed by atoms with Crippen LogP contribution in [0, 0.1) is 5.92 Å². The molecule has 2 atom stereocenters. The van der Waals surface area contributed by atoms with Gasteiger partial charge in [0.25, 0.3) is 5.91 Å². The van der Waals surface area contributed by atoms with Crippen LogP contribution in [0.3, 0.4) is 0 Å². The largest absolute Gasteiger partial charge is 0.335 e. The molecule has 1 aromatic heterocycles. The summed E-state index contributed by atoms with van der Waals surface area (Å²) in [5.41, 5.74) is 0.847. The van der Waals surface area contributed by atoms with E-state index in [0.717, 1.165) is 21.8 Å². The van der Waals surface area contributed by atoms with Crippen molar-refractivity contribution >= 4 is 33.2 Å². The molecule has 1 aromatic rings. The zero-order chi connectivity index (χ0) is 10.4. The number of thiophene rings is 1. The third kappa shape index (κ3) is 1.64. The molecule has 2 aliphatic rings. The third-order valence-electron chi connectivity index (χ3n) is 3.48. The molecule has 1 saturated carbocycles. The van der Waals surface area contributed by atoms with Crippen molar-refractivity contribution in [2.45, 2.75) is 25.3 Å². The van der Waals surface area contributed by atoms with Crippen molar-refractivity contribution in [2.75, 3.05) is 6.54 Å². The number of fused-ring (bicyclic) bond motifs is 2. The monoisotopic (exact) mass is 285 g/mol. The molecule has 2 bridgehead atoms. The Kier molecular flexibility index (Phi) is 2.36. The van der Waals surface area contributed by atoms with E-state index in [9.17, 15) is 4.79 Å². The predicted octanol–water partition coefficient (Wildman–Crippen LogP) is 3.14. The first-order valence-electron chi connectivity index (χ1n) is 5.29. The molecular weight excluding hydrogens is 274 g/mol. The Morgan fingerprint density at radius 2 is 2.40 bits per heavy atom. The lowest BCUT2D eigenvalue weighted by Crippen LogP contribution is -2.37. The van der Waals surface area contributed by atoms with Crippen LogP contribution in [-0.2, 0) is 0 Å². The topological polar surface area (TPSA) is 20.3 Å². The molecule has 3 rings (SSSR count). The summed E-state index contributed by atoms with van der Waals surface area (Å²) in [6, 6.07) is 2.46. The summed E-state index contributed by atoms with van der Waals surface area (Å²) in [4.78, 5) is 14.2. The van der Waals surface area contributed by atoms with E-state index in [1.165, 1.54) is 19.3 Å². The molecule has 2 unspecified atom stereocenters. The van der Waals surface area contributed by atoms with Crippen LogP contribution in [0.4, 0.5) is 0 Å². The van der Waals surface area contributed by atoms with E-state index < -0.39 is 0 Å². The van der Waals surface area contributed by atoms with E-state index in [2.05, 4.69) is 20.8 Å². The van der Waals surface area contributed by atoms with E-state index in [1.54, 1.807) is 11.3 Å². The minimum Gasteiger partial charge on any atom is -0.335 e. The van der Waals surface area contributed by atoms with Crippen LogP contribution in [0.2, 0.25) is 0 Å². The molecule has 1 aliphatic heterocycles. The average molecular weight is 286 g/mol. The lowest BCUT2D eigenvalue weighted by Gasteiger charge is -2.26. The standard InChI is InChI=1S/C11H12BrNOS/c12-10-4-8(6-15-10)11(14)13-5-7-1-2-9(13)3-7/h4,6-7,9H,1-3,5H2. The van der Waals surface area contributed by atoms with Crippen LogP contribution < -0.4 is 0 Å². The van der Waals surface area contributed by atoms with Gasteiger partial charge in [-0.2, -0.15) is 0 Å². The molecule has 0 aromatic carbocycles. The summed E-state index contributed by atoms with van der Waals surface area (Å²) in [5.74, 6) is 1.00. The average Bonchev–Trinajstić information content (AvgIpc) is 2.90. The van der Waals surface area contributed by atoms with Crippen molar-refractivity contribution in [3.8, 4) is 0 Å². The van der Waals surface area contributed by atoms with E-state index >= 15 is 0 Å². The smallest absolute Gasteiger partial charge is 0.254 e. The van der Waals surface area contributed by atoms with Gasteiger partial charge in [-0.05, 0) is 47.2 Å². The number of piperidine rings is 1. The molecule has 1 amide bonds. The maximum atomic E-state index is 12.2. The van der Waals surface area contributed by atoms with Crippen LogP contribution in [0.5, 0.6) is 0 Å². The first-order chi connectivity index (χ1) is 7.24. The fourth-order valence-corrected chi connectivity index (χ4v) is 3.89. The number of hydrogen-bond donors (Lipinski definition) is 0. The van der Waals surface area contributed by atoms with Gasteiger partial charge < -0.3 is 4.90 Å². The van der Waals surface area contributed by atoms with Gasteiger partial charge in [-0.15, -0.1) is 11.3 Å². The Hall–Kier alpha value is -0.350. The molecule has 4 heteroatoms. The number of amides is 1. The maximum absolute atomic E-state index is 12.2. The summed E-state index contributed by atoms with van der Waals surface area (Å²) in [6.45, 7) is 0.983. The van der Waals surface area contributed by atoms with Gasteiger partial charge in [0, 0.05) is 18.0 Å². The summed E-state index contributed by atoms with van der Waals surface area (Å²) in [7, 11) is 0. The minimum absolute atomic E-state index is 0.226.